The fraction of sp³-hybridized carbons (Fsp3) is 0.261. The number of carbonyl (C=O) groups is 1. The number of aliphatic carboxylic acids is 1. The third-order valence-corrected chi connectivity index (χ3v) is 6.17. The minimum atomic E-state index is -0.729. The summed E-state index contributed by atoms with van der Waals surface area (Å²) in [6.07, 6.45) is 2.69. The topological polar surface area (TPSA) is 40.5 Å². The standard InChI is InChI=1S/C23H22BrNO2/c24-20-10-4-3-9-19(20)22(25-14-6-5-11-21(25)23(26)27)18-13-12-16-7-1-2-8-17(16)15-18/h1-4,7-10,12-13,15,21-22H,5-6,11,14H2,(H,26,27). The van der Waals surface area contributed by atoms with Gasteiger partial charge in [-0.25, -0.2) is 0 Å². The molecule has 1 N–H and O–H groups in total. The van der Waals surface area contributed by atoms with Crippen molar-refractivity contribution in [1.82, 2.24) is 4.90 Å². The van der Waals surface area contributed by atoms with Crippen LogP contribution in [0, 0.1) is 0 Å². The minimum Gasteiger partial charge on any atom is -0.480 e. The van der Waals surface area contributed by atoms with Gasteiger partial charge in [0.1, 0.15) is 6.04 Å². The van der Waals surface area contributed by atoms with E-state index in [1.54, 1.807) is 0 Å². The number of carboxylic acids is 1. The van der Waals surface area contributed by atoms with Crippen LogP contribution in [0.5, 0.6) is 0 Å². The fourth-order valence-electron chi connectivity index (χ4n) is 4.15. The molecular formula is C23H22BrNO2. The number of piperidine rings is 1. The normalized spacial score (nSPS) is 19.1. The largest absolute Gasteiger partial charge is 0.480 e. The Morgan fingerprint density at radius 1 is 1.00 bits per heavy atom. The van der Waals surface area contributed by atoms with Crippen molar-refractivity contribution in [2.75, 3.05) is 6.54 Å². The monoisotopic (exact) mass is 423 g/mol. The summed E-state index contributed by atoms with van der Waals surface area (Å²) in [5.74, 6) is -0.729. The molecule has 0 amide bonds. The summed E-state index contributed by atoms with van der Waals surface area (Å²) in [4.78, 5) is 14.1. The molecular weight excluding hydrogens is 402 g/mol. The number of benzene rings is 3. The van der Waals surface area contributed by atoms with Gasteiger partial charge in [-0.15, -0.1) is 0 Å². The molecule has 4 heteroatoms. The van der Waals surface area contributed by atoms with E-state index in [9.17, 15) is 9.90 Å². The SMILES string of the molecule is O=C(O)C1CCCCN1C(c1ccc2ccccc2c1)c1ccccc1Br. The Bertz CT molecular complexity index is 971. The summed E-state index contributed by atoms with van der Waals surface area (Å²) in [6.45, 7) is 0.787. The highest BCUT2D eigenvalue weighted by atomic mass is 79.9. The zero-order chi connectivity index (χ0) is 18.8. The second-order valence-corrected chi connectivity index (χ2v) is 7.97. The van der Waals surface area contributed by atoms with Crippen LogP contribution in [0.1, 0.15) is 36.4 Å². The van der Waals surface area contributed by atoms with Crippen LogP contribution < -0.4 is 0 Å². The molecule has 27 heavy (non-hydrogen) atoms. The van der Waals surface area contributed by atoms with Crippen LogP contribution in [-0.2, 0) is 4.79 Å². The van der Waals surface area contributed by atoms with Gasteiger partial charge in [0.15, 0.2) is 0 Å². The number of halogens is 1. The van der Waals surface area contributed by atoms with E-state index in [2.05, 4.69) is 57.2 Å². The molecule has 1 aliphatic rings. The minimum absolute atomic E-state index is 0.0911. The Morgan fingerprint density at radius 3 is 2.52 bits per heavy atom. The first-order valence-electron chi connectivity index (χ1n) is 9.37. The smallest absolute Gasteiger partial charge is 0.320 e. The zero-order valence-electron chi connectivity index (χ0n) is 15.0. The maximum Gasteiger partial charge on any atom is 0.320 e. The van der Waals surface area contributed by atoms with Gasteiger partial charge in [-0.05, 0) is 53.4 Å². The van der Waals surface area contributed by atoms with E-state index in [1.807, 2.05) is 30.3 Å². The summed E-state index contributed by atoms with van der Waals surface area (Å²) < 4.78 is 1.01. The second kappa shape index (κ2) is 7.83. The van der Waals surface area contributed by atoms with Crippen molar-refractivity contribution in [3.05, 3.63) is 82.3 Å². The van der Waals surface area contributed by atoms with Crippen molar-refractivity contribution in [2.45, 2.75) is 31.3 Å². The molecule has 2 unspecified atom stereocenters. The highest BCUT2D eigenvalue weighted by Gasteiger charge is 2.35. The van der Waals surface area contributed by atoms with Crippen LogP contribution in [0.15, 0.2) is 71.2 Å². The number of rotatable bonds is 4. The molecule has 4 rings (SSSR count). The highest BCUT2D eigenvalue weighted by molar-refractivity contribution is 9.10. The molecule has 1 heterocycles. The van der Waals surface area contributed by atoms with E-state index in [0.29, 0.717) is 6.42 Å². The number of hydrogen-bond donors (Lipinski definition) is 1. The van der Waals surface area contributed by atoms with Crippen molar-refractivity contribution < 1.29 is 9.90 Å². The van der Waals surface area contributed by atoms with Crippen LogP contribution in [0.2, 0.25) is 0 Å². The average molecular weight is 424 g/mol. The first-order chi connectivity index (χ1) is 13.1. The summed E-state index contributed by atoms with van der Waals surface area (Å²) in [5.41, 5.74) is 2.25. The number of likely N-dealkylation sites (tertiary alicyclic amines) is 1. The zero-order valence-corrected chi connectivity index (χ0v) is 16.6. The Kier molecular flexibility index (Phi) is 5.28. The lowest BCUT2D eigenvalue weighted by Gasteiger charge is -2.40. The first kappa shape index (κ1) is 18.2. The van der Waals surface area contributed by atoms with Gasteiger partial charge < -0.3 is 5.11 Å². The van der Waals surface area contributed by atoms with E-state index in [-0.39, 0.29) is 6.04 Å². The summed E-state index contributed by atoms with van der Waals surface area (Å²) in [5, 5.41) is 12.2. The predicted octanol–water partition coefficient (Wildman–Crippen LogP) is 5.63. The van der Waals surface area contributed by atoms with Crippen LogP contribution in [0.3, 0.4) is 0 Å². The third-order valence-electron chi connectivity index (χ3n) is 5.45. The Balaban J connectivity index is 1.87. The quantitative estimate of drug-likeness (QED) is 0.590. The van der Waals surface area contributed by atoms with Crippen molar-refractivity contribution in [1.29, 1.82) is 0 Å². The van der Waals surface area contributed by atoms with Gasteiger partial charge in [0.25, 0.3) is 0 Å². The van der Waals surface area contributed by atoms with Gasteiger partial charge in [0.05, 0.1) is 6.04 Å². The van der Waals surface area contributed by atoms with E-state index < -0.39 is 12.0 Å². The van der Waals surface area contributed by atoms with Gasteiger partial charge in [-0.3, -0.25) is 9.69 Å². The molecule has 1 fully saturated rings. The lowest BCUT2D eigenvalue weighted by atomic mass is 9.90. The molecule has 3 aromatic rings. The van der Waals surface area contributed by atoms with Crippen LogP contribution >= 0.6 is 15.9 Å². The highest BCUT2D eigenvalue weighted by Crippen LogP contribution is 2.38. The molecule has 1 aliphatic heterocycles. The van der Waals surface area contributed by atoms with Crippen LogP contribution in [0.4, 0.5) is 0 Å². The first-order valence-corrected chi connectivity index (χ1v) is 10.2. The van der Waals surface area contributed by atoms with Gasteiger partial charge in [0, 0.05) is 4.47 Å². The van der Waals surface area contributed by atoms with Crippen LogP contribution in [0.25, 0.3) is 10.8 Å². The summed E-state index contributed by atoms with van der Waals surface area (Å²) in [6, 6.07) is 22.4. The average Bonchev–Trinajstić information content (AvgIpc) is 2.70. The van der Waals surface area contributed by atoms with Crippen molar-refractivity contribution in [3.63, 3.8) is 0 Å². The van der Waals surface area contributed by atoms with Gasteiger partial charge in [0.2, 0.25) is 0 Å². The molecule has 0 bridgehead atoms. The molecule has 0 saturated carbocycles. The molecule has 0 aliphatic carbocycles. The van der Waals surface area contributed by atoms with Gasteiger partial charge >= 0.3 is 5.97 Å². The van der Waals surface area contributed by atoms with E-state index >= 15 is 0 Å². The molecule has 3 aromatic carbocycles. The number of fused-ring (bicyclic) bond motifs is 1. The number of nitrogens with zero attached hydrogens (tertiary/aromatic N) is 1. The summed E-state index contributed by atoms with van der Waals surface area (Å²) in [7, 11) is 0. The molecule has 0 spiro atoms. The van der Waals surface area contributed by atoms with Gasteiger partial charge in [-0.2, -0.15) is 0 Å². The molecule has 0 aromatic heterocycles. The van der Waals surface area contributed by atoms with Crippen molar-refractivity contribution in [2.24, 2.45) is 0 Å². The maximum absolute atomic E-state index is 12.0. The van der Waals surface area contributed by atoms with Crippen LogP contribution in [-0.4, -0.2) is 28.6 Å². The third kappa shape index (κ3) is 3.64. The van der Waals surface area contributed by atoms with Crippen molar-refractivity contribution in [3.8, 4) is 0 Å². The lowest BCUT2D eigenvalue weighted by Crippen LogP contribution is -2.46. The van der Waals surface area contributed by atoms with Crippen molar-refractivity contribution >= 4 is 32.7 Å². The number of hydrogen-bond acceptors (Lipinski definition) is 2. The molecule has 1 saturated heterocycles. The fourth-order valence-corrected chi connectivity index (χ4v) is 4.65. The Morgan fingerprint density at radius 2 is 1.74 bits per heavy atom. The van der Waals surface area contributed by atoms with E-state index in [0.717, 1.165) is 35.0 Å². The van der Waals surface area contributed by atoms with E-state index in [1.165, 1.54) is 10.8 Å². The molecule has 2 atom stereocenters. The maximum atomic E-state index is 12.0. The van der Waals surface area contributed by atoms with Gasteiger partial charge in [-0.1, -0.05) is 76.9 Å². The predicted molar refractivity (Wildman–Crippen MR) is 112 cm³/mol. The Hall–Kier alpha value is -2.17. The molecule has 138 valence electrons. The second-order valence-electron chi connectivity index (χ2n) is 7.12. The summed E-state index contributed by atoms with van der Waals surface area (Å²) >= 11 is 3.69. The Labute approximate surface area is 167 Å². The van der Waals surface area contributed by atoms with E-state index in [4.69, 9.17) is 0 Å². The lowest BCUT2D eigenvalue weighted by molar-refractivity contribution is -0.145. The number of carboxylic acid groups (broad SMARTS) is 1. The molecule has 0 radical (unpaired) electrons. The molecule has 3 nitrogen and oxygen atoms in total.